The van der Waals surface area contributed by atoms with Crippen LogP contribution < -0.4 is 5.73 Å². The first-order valence-electron chi connectivity index (χ1n) is 5.86. The summed E-state index contributed by atoms with van der Waals surface area (Å²) in [5, 5.41) is 0.158. The van der Waals surface area contributed by atoms with Gasteiger partial charge in [-0.1, -0.05) is 18.5 Å². The van der Waals surface area contributed by atoms with E-state index in [2.05, 4.69) is 0 Å². The molecule has 2 N–H and O–H groups in total. The van der Waals surface area contributed by atoms with E-state index in [0.29, 0.717) is 5.69 Å². The lowest BCUT2D eigenvalue weighted by molar-refractivity contribution is 0.385. The molecule has 1 unspecified atom stereocenters. The van der Waals surface area contributed by atoms with E-state index in [1.165, 1.54) is 16.4 Å². The number of halogens is 1. The second-order valence-corrected chi connectivity index (χ2v) is 7.51. The predicted octanol–water partition coefficient (Wildman–Crippen LogP) is 2.68. The topological polar surface area (TPSA) is 63.4 Å². The number of hydrogen-bond acceptors (Lipinski definition) is 4. The molecule has 108 valence electrons. The van der Waals surface area contributed by atoms with Crippen molar-refractivity contribution < 1.29 is 8.42 Å². The normalized spacial score (nSPS) is 13.7. The first kappa shape index (κ1) is 16.6. The Labute approximate surface area is 124 Å². The molecule has 7 heteroatoms. The van der Waals surface area contributed by atoms with Crippen LogP contribution in [0, 0.1) is 0 Å². The Morgan fingerprint density at radius 3 is 2.58 bits per heavy atom. The van der Waals surface area contributed by atoms with Gasteiger partial charge in [-0.2, -0.15) is 16.1 Å². The zero-order chi connectivity index (χ0) is 14.6. The van der Waals surface area contributed by atoms with Crippen LogP contribution in [0.25, 0.3) is 0 Å². The van der Waals surface area contributed by atoms with Crippen molar-refractivity contribution >= 4 is 39.1 Å². The lowest BCUT2D eigenvalue weighted by Gasteiger charge is -2.26. The van der Waals surface area contributed by atoms with Gasteiger partial charge in [0.05, 0.1) is 5.02 Å². The molecule has 1 aromatic carbocycles. The van der Waals surface area contributed by atoms with Crippen LogP contribution in [0.3, 0.4) is 0 Å². The maximum atomic E-state index is 12.5. The predicted molar refractivity (Wildman–Crippen MR) is 83.3 cm³/mol. The second-order valence-electron chi connectivity index (χ2n) is 4.23. The fourth-order valence-electron chi connectivity index (χ4n) is 1.75. The van der Waals surface area contributed by atoms with Crippen molar-refractivity contribution in [1.29, 1.82) is 0 Å². The van der Waals surface area contributed by atoms with E-state index in [4.69, 9.17) is 17.3 Å². The van der Waals surface area contributed by atoms with Crippen molar-refractivity contribution in [3.05, 3.63) is 23.2 Å². The molecule has 4 nitrogen and oxygen atoms in total. The highest BCUT2D eigenvalue weighted by Gasteiger charge is 2.28. The van der Waals surface area contributed by atoms with E-state index < -0.39 is 10.0 Å². The third-order valence-electron chi connectivity index (χ3n) is 2.96. The standard InChI is InChI=1S/C12H19ClN2O2S2/c1-4-10(8-18-3)15(2)19(16,17)12-6-5-9(14)7-11(12)13/h5-7,10H,4,8,14H2,1-3H3. The van der Waals surface area contributed by atoms with Crippen LogP contribution in [0.2, 0.25) is 5.02 Å². The number of hydrogen-bond donors (Lipinski definition) is 1. The van der Waals surface area contributed by atoms with Gasteiger partial charge in [0, 0.05) is 24.5 Å². The van der Waals surface area contributed by atoms with Crippen molar-refractivity contribution in [3.63, 3.8) is 0 Å². The molecule has 0 aliphatic carbocycles. The Hall–Kier alpha value is -0.430. The fourth-order valence-corrected chi connectivity index (χ4v) is 4.64. The molecule has 0 saturated heterocycles. The van der Waals surface area contributed by atoms with Crippen LogP contribution >= 0.6 is 23.4 Å². The highest BCUT2D eigenvalue weighted by molar-refractivity contribution is 7.98. The summed E-state index contributed by atoms with van der Waals surface area (Å²) in [5.41, 5.74) is 6.03. The van der Waals surface area contributed by atoms with E-state index in [1.54, 1.807) is 24.9 Å². The van der Waals surface area contributed by atoms with Crippen LogP contribution in [0.15, 0.2) is 23.1 Å². The van der Waals surface area contributed by atoms with Crippen molar-refractivity contribution in [1.82, 2.24) is 4.31 Å². The average Bonchev–Trinajstić information content (AvgIpc) is 2.34. The SMILES string of the molecule is CCC(CSC)N(C)S(=O)(=O)c1ccc(N)cc1Cl. The van der Waals surface area contributed by atoms with E-state index in [1.807, 2.05) is 13.2 Å². The van der Waals surface area contributed by atoms with Gasteiger partial charge >= 0.3 is 0 Å². The number of nitrogens with zero attached hydrogens (tertiary/aromatic N) is 1. The summed E-state index contributed by atoms with van der Waals surface area (Å²) in [7, 11) is -2.00. The van der Waals surface area contributed by atoms with Gasteiger partial charge in [0.25, 0.3) is 0 Å². The molecule has 0 radical (unpaired) electrons. The van der Waals surface area contributed by atoms with Crippen molar-refractivity contribution in [2.75, 3.05) is 24.8 Å². The molecule has 0 amide bonds. The number of nitrogen functional groups attached to an aromatic ring is 1. The second kappa shape index (κ2) is 6.83. The van der Waals surface area contributed by atoms with Crippen molar-refractivity contribution in [3.8, 4) is 0 Å². The van der Waals surface area contributed by atoms with Gasteiger partial charge in [-0.3, -0.25) is 0 Å². The smallest absolute Gasteiger partial charge is 0.244 e. The molecule has 0 heterocycles. The zero-order valence-electron chi connectivity index (χ0n) is 11.3. The van der Waals surface area contributed by atoms with Crippen molar-refractivity contribution in [2.24, 2.45) is 0 Å². The van der Waals surface area contributed by atoms with Gasteiger partial charge < -0.3 is 5.73 Å². The number of benzene rings is 1. The van der Waals surface area contributed by atoms with E-state index in [0.717, 1.165) is 12.2 Å². The molecule has 0 aliphatic rings. The Morgan fingerprint density at radius 2 is 2.11 bits per heavy atom. The monoisotopic (exact) mass is 322 g/mol. The van der Waals surface area contributed by atoms with Gasteiger partial charge in [-0.25, -0.2) is 8.42 Å². The van der Waals surface area contributed by atoms with E-state index in [9.17, 15) is 8.42 Å². The van der Waals surface area contributed by atoms with Crippen LogP contribution in [0.5, 0.6) is 0 Å². The third kappa shape index (κ3) is 3.78. The molecule has 1 aromatic rings. The summed E-state index contributed by atoms with van der Waals surface area (Å²) in [4.78, 5) is 0.102. The summed E-state index contributed by atoms with van der Waals surface area (Å²) in [5.74, 6) is 0.749. The summed E-state index contributed by atoms with van der Waals surface area (Å²) in [6, 6.07) is 4.41. The van der Waals surface area contributed by atoms with Crippen LogP contribution in [0.1, 0.15) is 13.3 Å². The zero-order valence-corrected chi connectivity index (χ0v) is 13.6. The average molecular weight is 323 g/mol. The third-order valence-corrected chi connectivity index (χ3v) is 6.07. The van der Waals surface area contributed by atoms with E-state index >= 15 is 0 Å². The number of nitrogens with two attached hydrogens (primary N) is 1. The van der Waals surface area contributed by atoms with Gasteiger partial charge in [0.1, 0.15) is 4.90 Å². The lowest BCUT2D eigenvalue weighted by atomic mass is 10.3. The number of anilines is 1. The van der Waals surface area contributed by atoms with Crippen molar-refractivity contribution in [2.45, 2.75) is 24.3 Å². The molecule has 0 fully saturated rings. The molecule has 0 saturated carbocycles. The Bertz CT molecular complexity index is 535. The summed E-state index contributed by atoms with van der Waals surface area (Å²) < 4.78 is 26.5. The Morgan fingerprint density at radius 1 is 1.47 bits per heavy atom. The van der Waals surface area contributed by atoms with Crippen LogP contribution in [-0.4, -0.2) is 37.8 Å². The van der Waals surface area contributed by atoms with Gasteiger partial charge in [0.2, 0.25) is 10.0 Å². The highest BCUT2D eigenvalue weighted by atomic mass is 35.5. The van der Waals surface area contributed by atoms with E-state index in [-0.39, 0.29) is 16.0 Å². The Kier molecular flexibility index (Phi) is 5.98. The van der Waals surface area contributed by atoms with Gasteiger partial charge in [0.15, 0.2) is 0 Å². The lowest BCUT2D eigenvalue weighted by Crippen LogP contribution is -2.38. The van der Waals surface area contributed by atoms with Gasteiger partial charge in [-0.05, 0) is 30.9 Å². The minimum atomic E-state index is -3.59. The first-order valence-corrected chi connectivity index (χ1v) is 9.07. The maximum Gasteiger partial charge on any atom is 0.244 e. The minimum Gasteiger partial charge on any atom is -0.399 e. The highest BCUT2D eigenvalue weighted by Crippen LogP contribution is 2.27. The number of rotatable bonds is 6. The minimum absolute atomic E-state index is 0.0476. The fraction of sp³-hybridized carbons (Fsp3) is 0.500. The quantitative estimate of drug-likeness (QED) is 0.818. The molecule has 0 spiro atoms. The number of thioether (sulfide) groups is 1. The molecular weight excluding hydrogens is 304 g/mol. The van der Waals surface area contributed by atoms with Crippen LogP contribution in [0.4, 0.5) is 5.69 Å². The molecular formula is C12H19ClN2O2S2. The summed E-state index contributed by atoms with van der Waals surface area (Å²) in [6.45, 7) is 1.97. The first-order chi connectivity index (χ1) is 8.84. The molecule has 0 aromatic heterocycles. The largest absolute Gasteiger partial charge is 0.399 e. The molecule has 19 heavy (non-hydrogen) atoms. The maximum absolute atomic E-state index is 12.5. The molecule has 1 atom stereocenters. The van der Waals surface area contributed by atoms with Crippen LogP contribution in [-0.2, 0) is 10.0 Å². The summed E-state index contributed by atoms with van der Waals surface area (Å²) >= 11 is 7.61. The molecule has 0 aliphatic heterocycles. The molecule has 0 bridgehead atoms. The Balaban J connectivity index is 3.15. The van der Waals surface area contributed by atoms with Gasteiger partial charge in [-0.15, -0.1) is 0 Å². The summed E-state index contributed by atoms with van der Waals surface area (Å²) in [6.07, 6.45) is 2.71. The number of sulfonamides is 1. The molecule has 1 rings (SSSR count).